The molecule has 3 saturated heterocycles. The molecule has 282 valence electrons. The number of ether oxygens (including phenoxy) is 3. The van der Waals surface area contributed by atoms with Gasteiger partial charge in [0.05, 0.1) is 39.6 Å². The van der Waals surface area contributed by atoms with Crippen molar-refractivity contribution in [2.24, 2.45) is 16.2 Å². The van der Waals surface area contributed by atoms with Crippen molar-refractivity contribution in [3.63, 3.8) is 0 Å². The summed E-state index contributed by atoms with van der Waals surface area (Å²) in [7, 11) is -3.46. The summed E-state index contributed by atoms with van der Waals surface area (Å²) in [5.74, 6) is -32.7. The molecule has 0 radical (unpaired) electrons. The summed E-state index contributed by atoms with van der Waals surface area (Å²) < 4.78 is 212. The molecule has 0 spiro atoms. The van der Waals surface area contributed by atoms with Gasteiger partial charge in [0, 0.05) is 32.9 Å². The molecule has 6 nitrogen and oxygen atoms in total. The Labute approximate surface area is 288 Å². The van der Waals surface area contributed by atoms with Gasteiger partial charge in [-0.25, -0.2) is 26.3 Å². The highest BCUT2D eigenvalue weighted by molar-refractivity contribution is 6.39. The molecule has 0 atom stereocenters. The van der Waals surface area contributed by atoms with Gasteiger partial charge in [0.15, 0.2) is 52.2 Å². The van der Waals surface area contributed by atoms with Crippen molar-refractivity contribution in [3.05, 3.63) is 86.5 Å². The van der Waals surface area contributed by atoms with Crippen molar-refractivity contribution >= 4 is 7.32 Å². The molecule has 0 amide bonds. The van der Waals surface area contributed by atoms with Crippen molar-refractivity contribution in [2.75, 3.05) is 39.6 Å². The maximum absolute atomic E-state index is 15.3. The van der Waals surface area contributed by atoms with E-state index in [2.05, 4.69) is 14.0 Å². The predicted molar refractivity (Wildman–Crippen MR) is 154 cm³/mol. The summed E-state index contributed by atoms with van der Waals surface area (Å²) in [5.41, 5.74) is -6.23. The van der Waals surface area contributed by atoms with Crippen LogP contribution in [0.25, 0.3) is 0 Å². The van der Waals surface area contributed by atoms with Crippen molar-refractivity contribution < 1.29 is 80.9 Å². The third-order valence-corrected chi connectivity index (χ3v) is 9.10. The van der Waals surface area contributed by atoms with E-state index in [1.54, 1.807) is 0 Å². The second-order valence-electron chi connectivity index (χ2n) is 14.3. The van der Waals surface area contributed by atoms with E-state index in [1.165, 1.54) is 20.8 Å². The molecule has 3 fully saturated rings. The molecule has 3 aromatic carbocycles. The van der Waals surface area contributed by atoms with Crippen LogP contribution in [0.2, 0.25) is 0 Å². The lowest BCUT2D eigenvalue weighted by Crippen LogP contribution is -2.42. The zero-order chi connectivity index (χ0) is 38.1. The number of hydrogen-bond donors (Lipinski definition) is 0. The Morgan fingerprint density at radius 2 is 0.577 bits per heavy atom. The van der Waals surface area contributed by atoms with Crippen LogP contribution in [-0.4, -0.2) is 47.0 Å². The number of hydrogen-bond acceptors (Lipinski definition) is 6. The summed E-state index contributed by atoms with van der Waals surface area (Å²) in [6.45, 7) is 4.21. The van der Waals surface area contributed by atoms with E-state index in [0.29, 0.717) is 0 Å². The van der Waals surface area contributed by atoms with Crippen LogP contribution in [0.15, 0.2) is 0 Å². The van der Waals surface area contributed by atoms with E-state index in [-0.39, 0.29) is 39.6 Å². The summed E-state index contributed by atoms with van der Waals surface area (Å²) in [6.07, 6.45) is -1.81. The van der Waals surface area contributed by atoms with Crippen LogP contribution in [0.5, 0.6) is 17.2 Å². The van der Waals surface area contributed by atoms with Gasteiger partial charge in [-0.2, -0.15) is 26.3 Å². The van der Waals surface area contributed by atoms with E-state index in [1.807, 2.05) is 0 Å². The lowest BCUT2D eigenvalue weighted by Gasteiger charge is -2.38. The molecule has 19 heteroatoms. The van der Waals surface area contributed by atoms with Gasteiger partial charge in [-0.1, -0.05) is 20.8 Å². The number of rotatable bonds is 12. The molecule has 0 unspecified atom stereocenters. The Hall–Kier alpha value is -3.84. The van der Waals surface area contributed by atoms with Crippen LogP contribution in [0, 0.1) is 86.1 Å². The first-order valence-electron chi connectivity index (χ1n) is 15.6. The lowest BCUT2D eigenvalue weighted by atomic mass is 9.81. The normalized spacial score (nSPS) is 18.3. The zero-order valence-corrected chi connectivity index (χ0v) is 27.4. The largest absolute Gasteiger partial charge is 0.864 e. The van der Waals surface area contributed by atoms with Gasteiger partial charge in [-0.05, 0) is 19.3 Å². The molecular formula is C33H27BF12O6. The first kappa shape index (κ1) is 37.9. The molecule has 0 aromatic heterocycles. The van der Waals surface area contributed by atoms with Gasteiger partial charge in [0.2, 0.25) is 34.9 Å². The van der Waals surface area contributed by atoms with Gasteiger partial charge < -0.3 is 28.2 Å². The average Bonchev–Trinajstić information content (AvgIpc) is 3.07. The molecule has 0 bridgehead atoms. The fraction of sp³-hybridized carbons (Fsp3) is 0.455. The molecule has 52 heavy (non-hydrogen) atoms. The standard InChI is InChI=1S/C33H27BF12O6/c1-31(7-47-8-31)4-13-16(35)22(41)28(23(42)17(13)36)50-34(51-29-24(43)18(37)14(19(38)25(29)44)5-32(2)9-48-10-32)52-30-26(45)20(39)15(21(40)27(30)46)6-33(3)11-49-12-33/h4-12H2,1-3H3. The Kier molecular flexibility index (Phi) is 9.87. The molecule has 3 aliphatic rings. The highest BCUT2D eigenvalue weighted by Crippen LogP contribution is 2.41. The van der Waals surface area contributed by atoms with E-state index in [4.69, 9.17) is 14.2 Å². The van der Waals surface area contributed by atoms with Crippen molar-refractivity contribution in [2.45, 2.75) is 40.0 Å². The Balaban J connectivity index is 1.42. The fourth-order valence-corrected chi connectivity index (χ4v) is 6.05. The van der Waals surface area contributed by atoms with Gasteiger partial charge in [-0.3, -0.25) is 0 Å². The summed E-state index contributed by atoms with van der Waals surface area (Å²) in [6, 6.07) is 0. The van der Waals surface area contributed by atoms with E-state index < -0.39 is 147 Å². The van der Waals surface area contributed by atoms with Crippen LogP contribution in [0.3, 0.4) is 0 Å². The van der Waals surface area contributed by atoms with Crippen LogP contribution in [-0.2, 0) is 33.5 Å². The summed E-state index contributed by atoms with van der Waals surface area (Å²) in [5, 5.41) is 0. The van der Waals surface area contributed by atoms with Crippen LogP contribution >= 0.6 is 0 Å². The van der Waals surface area contributed by atoms with E-state index in [9.17, 15) is 0 Å². The molecule has 6 rings (SSSR count). The van der Waals surface area contributed by atoms with Crippen molar-refractivity contribution in [1.82, 2.24) is 0 Å². The first-order valence-corrected chi connectivity index (χ1v) is 15.6. The van der Waals surface area contributed by atoms with Crippen LogP contribution < -0.4 is 14.0 Å². The topological polar surface area (TPSA) is 55.4 Å². The second-order valence-corrected chi connectivity index (χ2v) is 14.3. The number of benzene rings is 3. The fourth-order valence-electron chi connectivity index (χ4n) is 6.05. The van der Waals surface area contributed by atoms with Crippen LogP contribution in [0.1, 0.15) is 37.5 Å². The van der Waals surface area contributed by atoms with Gasteiger partial charge >= 0.3 is 7.32 Å². The van der Waals surface area contributed by atoms with Crippen LogP contribution in [0.4, 0.5) is 52.7 Å². The minimum atomic E-state index is -3.46. The third-order valence-electron chi connectivity index (χ3n) is 9.10. The zero-order valence-electron chi connectivity index (χ0n) is 27.4. The third kappa shape index (κ3) is 6.63. The minimum absolute atomic E-state index is 0.0385. The Morgan fingerprint density at radius 3 is 0.731 bits per heavy atom. The minimum Gasteiger partial charge on any atom is -0.484 e. The first-order chi connectivity index (χ1) is 24.3. The Bertz CT molecular complexity index is 1630. The molecule has 3 heterocycles. The molecule has 3 aliphatic heterocycles. The van der Waals surface area contributed by atoms with Crippen molar-refractivity contribution in [3.8, 4) is 17.2 Å². The summed E-state index contributed by atoms with van der Waals surface area (Å²) >= 11 is 0. The maximum Gasteiger partial charge on any atom is 0.864 e. The highest BCUT2D eigenvalue weighted by atomic mass is 19.2. The monoisotopic (exact) mass is 758 g/mol. The molecule has 3 aromatic rings. The predicted octanol–water partition coefficient (Wildman–Crippen LogP) is 7.61. The molecular weight excluding hydrogens is 731 g/mol. The van der Waals surface area contributed by atoms with E-state index in [0.717, 1.165) is 0 Å². The SMILES string of the molecule is CC1(Cc2c(F)c(F)c(OB(Oc3c(F)c(F)c(CC4(C)COC4)c(F)c3F)Oc3c(F)c(F)c(CC4(C)COC4)c(F)c3F)c(F)c2F)COC1. The molecule has 0 N–H and O–H groups in total. The summed E-state index contributed by atoms with van der Waals surface area (Å²) in [4.78, 5) is 0. The highest BCUT2D eigenvalue weighted by Gasteiger charge is 2.45. The smallest absolute Gasteiger partial charge is 0.484 e. The molecule has 0 saturated carbocycles. The van der Waals surface area contributed by atoms with Gasteiger partial charge in [-0.15, -0.1) is 0 Å². The molecule has 0 aliphatic carbocycles. The lowest BCUT2D eigenvalue weighted by molar-refractivity contribution is -0.101. The average molecular weight is 758 g/mol. The Morgan fingerprint density at radius 1 is 0.385 bits per heavy atom. The van der Waals surface area contributed by atoms with Gasteiger partial charge in [0.1, 0.15) is 0 Å². The number of halogens is 12. The van der Waals surface area contributed by atoms with E-state index >= 15 is 52.7 Å². The second kappa shape index (κ2) is 13.5. The quantitative estimate of drug-likeness (QED) is 0.108. The van der Waals surface area contributed by atoms with Crippen molar-refractivity contribution in [1.29, 1.82) is 0 Å². The van der Waals surface area contributed by atoms with Gasteiger partial charge in [0.25, 0.3) is 0 Å². The maximum atomic E-state index is 15.3.